The molecule has 4 amide bonds. The summed E-state index contributed by atoms with van der Waals surface area (Å²) < 4.78 is 5.35. The lowest BCUT2D eigenvalue weighted by Crippen LogP contribution is -2.55. The molecule has 0 aliphatic carbocycles. The number of nitrogens with two attached hydrogens (primary N) is 1. The average molecular weight is 520 g/mol. The molecule has 3 rings (SSSR count). The summed E-state index contributed by atoms with van der Waals surface area (Å²) in [6.07, 6.45) is 1.81. The number of carbonyl (C=O) groups excluding carboxylic acids is 4. The molecule has 1 aliphatic heterocycles. The predicted octanol–water partition coefficient (Wildman–Crippen LogP) is 2.25. The lowest BCUT2D eigenvalue weighted by Gasteiger charge is -2.29. The van der Waals surface area contributed by atoms with Gasteiger partial charge in [0.05, 0.1) is 12.6 Å². The number of aromatic amines is 1. The van der Waals surface area contributed by atoms with Crippen molar-refractivity contribution < 1.29 is 23.9 Å². The van der Waals surface area contributed by atoms with Gasteiger partial charge in [-0.3, -0.25) is 19.2 Å². The lowest BCUT2D eigenvalue weighted by molar-refractivity contribution is -0.131. The highest BCUT2D eigenvalue weighted by molar-refractivity contribution is 6.31. The highest BCUT2D eigenvalue weighted by Gasteiger charge is 2.33. The maximum Gasteiger partial charge on any atom is 0.268 e. The Balaban J connectivity index is 1.79. The van der Waals surface area contributed by atoms with Crippen LogP contribution < -0.4 is 26.4 Å². The van der Waals surface area contributed by atoms with Crippen molar-refractivity contribution in [3.05, 3.63) is 28.9 Å². The highest BCUT2D eigenvalue weighted by atomic mass is 35.5. The summed E-state index contributed by atoms with van der Waals surface area (Å²) in [5, 5.41) is 9.32. The zero-order valence-corrected chi connectivity index (χ0v) is 21.8. The number of aromatic nitrogens is 1. The van der Waals surface area contributed by atoms with E-state index in [1.54, 1.807) is 18.2 Å². The molecule has 0 bridgehead atoms. The maximum absolute atomic E-state index is 13.3. The van der Waals surface area contributed by atoms with Gasteiger partial charge in [0.2, 0.25) is 17.7 Å². The van der Waals surface area contributed by atoms with Crippen molar-refractivity contribution >= 4 is 46.1 Å². The van der Waals surface area contributed by atoms with E-state index >= 15 is 0 Å². The van der Waals surface area contributed by atoms with Crippen LogP contribution in [-0.4, -0.2) is 54.4 Å². The van der Waals surface area contributed by atoms with Gasteiger partial charge in [-0.05, 0) is 49.3 Å². The smallest absolute Gasteiger partial charge is 0.268 e. The first-order valence-corrected chi connectivity index (χ1v) is 12.3. The molecule has 1 saturated heterocycles. The van der Waals surface area contributed by atoms with Gasteiger partial charge in [0.15, 0.2) is 0 Å². The van der Waals surface area contributed by atoms with Crippen LogP contribution in [0.25, 0.3) is 10.9 Å². The molecule has 1 aromatic carbocycles. The van der Waals surface area contributed by atoms with Crippen molar-refractivity contribution in [2.45, 2.75) is 58.5 Å². The molecule has 3 atom stereocenters. The minimum atomic E-state index is -1.04. The van der Waals surface area contributed by atoms with Crippen LogP contribution in [0.3, 0.4) is 0 Å². The molecule has 1 aromatic heterocycles. The van der Waals surface area contributed by atoms with E-state index in [1.165, 1.54) is 7.11 Å². The molecular weight excluding hydrogens is 486 g/mol. The molecule has 10 nitrogen and oxygen atoms in total. The fourth-order valence-electron chi connectivity index (χ4n) is 4.38. The van der Waals surface area contributed by atoms with Gasteiger partial charge >= 0.3 is 0 Å². The van der Waals surface area contributed by atoms with Crippen molar-refractivity contribution in [1.82, 2.24) is 20.9 Å². The highest BCUT2D eigenvalue weighted by Crippen LogP contribution is 2.30. The summed E-state index contributed by atoms with van der Waals surface area (Å²) >= 11 is 6.13. The Morgan fingerprint density at radius 3 is 2.53 bits per heavy atom. The van der Waals surface area contributed by atoms with Gasteiger partial charge in [-0.15, -0.1) is 0 Å². The summed E-state index contributed by atoms with van der Waals surface area (Å²) in [6, 6.07) is 2.96. The molecule has 0 saturated carbocycles. The Morgan fingerprint density at radius 2 is 1.92 bits per heavy atom. The Bertz CT molecular complexity index is 1160. The number of piperidine rings is 1. The van der Waals surface area contributed by atoms with Crippen molar-refractivity contribution in [1.29, 1.82) is 0 Å². The van der Waals surface area contributed by atoms with Crippen LogP contribution in [0.1, 0.15) is 56.9 Å². The number of hydrogen-bond donors (Lipinski definition) is 5. The van der Waals surface area contributed by atoms with Crippen LogP contribution in [0.4, 0.5) is 0 Å². The molecule has 2 heterocycles. The number of benzene rings is 1. The zero-order valence-electron chi connectivity index (χ0n) is 21.0. The Morgan fingerprint density at radius 1 is 1.19 bits per heavy atom. The second-order valence-electron chi connectivity index (χ2n) is 10.4. The SMILES string of the molecule is COc1cc(Cl)cc2[nH]c(C(=O)NC(CC(C)(C)C)C(=O)NC(C[C@@H]3CCCNC3=O)C(N)=O)cc12. The first kappa shape index (κ1) is 27.3. The van der Waals surface area contributed by atoms with Crippen LogP contribution in [-0.2, 0) is 14.4 Å². The molecule has 11 heteroatoms. The number of halogens is 1. The third-order valence-corrected chi connectivity index (χ3v) is 6.37. The van der Waals surface area contributed by atoms with Crippen LogP contribution >= 0.6 is 11.6 Å². The monoisotopic (exact) mass is 519 g/mol. The largest absolute Gasteiger partial charge is 0.496 e. The molecule has 0 radical (unpaired) electrons. The molecule has 1 fully saturated rings. The van der Waals surface area contributed by atoms with Gasteiger partial charge in [0.1, 0.15) is 23.5 Å². The Labute approximate surface area is 215 Å². The number of ether oxygens (including phenoxy) is 1. The van der Waals surface area contributed by atoms with Gasteiger partial charge in [-0.2, -0.15) is 0 Å². The minimum Gasteiger partial charge on any atom is -0.496 e. The molecule has 6 N–H and O–H groups in total. The Kier molecular flexibility index (Phi) is 8.50. The molecule has 1 aliphatic rings. The van der Waals surface area contributed by atoms with Gasteiger partial charge < -0.3 is 31.4 Å². The third kappa shape index (κ3) is 6.90. The fourth-order valence-corrected chi connectivity index (χ4v) is 4.59. The van der Waals surface area contributed by atoms with Crippen molar-refractivity contribution in [3.63, 3.8) is 0 Å². The Hall–Kier alpha value is -3.27. The van der Waals surface area contributed by atoms with Crippen LogP contribution in [0, 0.1) is 11.3 Å². The number of H-pyrrole nitrogens is 1. The normalized spacial score (nSPS) is 17.7. The molecule has 36 heavy (non-hydrogen) atoms. The standard InChI is InChI=1S/C25H34ClN5O5/c1-25(2,3)12-19(24(35)30-17(21(27)32)8-13-6-5-7-28-22(13)33)31-23(34)18-11-15-16(29-18)9-14(26)10-20(15)36-4/h9-11,13,17,19,29H,5-8,12H2,1-4H3,(H2,27,32)(H,28,33)(H,30,35)(H,31,34)/t13-,17?,19?/m0/s1. The quantitative estimate of drug-likeness (QED) is 0.343. The number of fused-ring (bicyclic) bond motifs is 1. The summed E-state index contributed by atoms with van der Waals surface area (Å²) in [5.41, 5.74) is 6.06. The van der Waals surface area contributed by atoms with E-state index in [0.717, 1.165) is 6.42 Å². The molecule has 0 spiro atoms. The van der Waals surface area contributed by atoms with Crippen molar-refractivity contribution in [3.8, 4) is 5.75 Å². The van der Waals surface area contributed by atoms with Gasteiger partial charge in [-0.25, -0.2) is 0 Å². The van der Waals surface area contributed by atoms with Gasteiger partial charge in [0, 0.05) is 22.9 Å². The number of carbonyl (C=O) groups is 4. The van der Waals surface area contributed by atoms with E-state index in [4.69, 9.17) is 22.1 Å². The van der Waals surface area contributed by atoms with Crippen LogP contribution in [0.5, 0.6) is 5.75 Å². The van der Waals surface area contributed by atoms with Gasteiger partial charge in [-0.1, -0.05) is 32.4 Å². The summed E-state index contributed by atoms with van der Waals surface area (Å²) in [4.78, 5) is 53.7. The van der Waals surface area contributed by atoms with E-state index < -0.39 is 35.7 Å². The zero-order chi connectivity index (χ0) is 26.6. The fraction of sp³-hybridized carbons (Fsp3) is 0.520. The average Bonchev–Trinajstić information content (AvgIpc) is 3.22. The van der Waals surface area contributed by atoms with Crippen molar-refractivity contribution in [2.24, 2.45) is 17.1 Å². The molecular formula is C25H34ClN5O5. The number of rotatable bonds is 9. The summed E-state index contributed by atoms with van der Waals surface area (Å²) in [6.45, 7) is 6.40. The van der Waals surface area contributed by atoms with Crippen molar-refractivity contribution in [2.75, 3.05) is 13.7 Å². The number of nitrogens with one attached hydrogen (secondary N) is 4. The number of primary amides is 1. The van der Waals surface area contributed by atoms with E-state index in [-0.39, 0.29) is 23.4 Å². The van der Waals surface area contributed by atoms with E-state index in [2.05, 4.69) is 20.9 Å². The number of amides is 4. The third-order valence-electron chi connectivity index (χ3n) is 6.15. The second kappa shape index (κ2) is 11.2. The lowest BCUT2D eigenvalue weighted by atomic mass is 9.87. The molecule has 2 unspecified atom stereocenters. The van der Waals surface area contributed by atoms with E-state index in [1.807, 2.05) is 20.8 Å². The minimum absolute atomic E-state index is 0.103. The number of methoxy groups -OCH3 is 1. The maximum atomic E-state index is 13.3. The van der Waals surface area contributed by atoms with E-state index in [0.29, 0.717) is 41.1 Å². The first-order valence-electron chi connectivity index (χ1n) is 11.9. The molecule has 196 valence electrons. The summed E-state index contributed by atoms with van der Waals surface area (Å²) in [5.74, 6) is -1.85. The molecule has 2 aromatic rings. The second-order valence-corrected chi connectivity index (χ2v) is 10.8. The van der Waals surface area contributed by atoms with Gasteiger partial charge in [0.25, 0.3) is 5.91 Å². The summed E-state index contributed by atoms with van der Waals surface area (Å²) in [7, 11) is 1.51. The topological polar surface area (TPSA) is 155 Å². The first-order chi connectivity index (χ1) is 16.9. The van der Waals surface area contributed by atoms with Crippen LogP contribution in [0.15, 0.2) is 18.2 Å². The van der Waals surface area contributed by atoms with E-state index in [9.17, 15) is 19.2 Å². The predicted molar refractivity (Wildman–Crippen MR) is 137 cm³/mol. The van der Waals surface area contributed by atoms with Crippen LogP contribution in [0.2, 0.25) is 5.02 Å². The number of hydrogen-bond acceptors (Lipinski definition) is 5.